The van der Waals surface area contributed by atoms with Crippen molar-refractivity contribution < 1.29 is 33.1 Å². The van der Waals surface area contributed by atoms with E-state index in [0.29, 0.717) is 48.6 Å². The molecule has 15 nitrogen and oxygen atoms in total. The summed E-state index contributed by atoms with van der Waals surface area (Å²) in [5, 5.41) is 11.3. The molecule has 1 aliphatic heterocycles. The minimum atomic E-state index is -0.784. The maximum atomic E-state index is 13.3. The Labute approximate surface area is 299 Å². The molecule has 1 saturated carbocycles. The Bertz CT molecular complexity index is 1840. The molecule has 3 heterocycles. The predicted molar refractivity (Wildman–Crippen MR) is 190 cm³/mol. The van der Waals surface area contributed by atoms with E-state index in [0.717, 1.165) is 47.3 Å². The molecule has 2 aromatic heterocycles. The summed E-state index contributed by atoms with van der Waals surface area (Å²) in [5.74, 6) is 1.84. The van der Waals surface area contributed by atoms with E-state index in [4.69, 9.17) is 36.3 Å². The monoisotopic (exact) mass is 728 g/mol. The van der Waals surface area contributed by atoms with Crippen LogP contribution in [0.2, 0.25) is 5.28 Å². The van der Waals surface area contributed by atoms with Gasteiger partial charge in [-0.1, -0.05) is 0 Å². The number of imidazole rings is 1. The van der Waals surface area contributed by atoms with Gasteiger partial charge in [0, 0.05) is 69.7 Å². The number of amides is 1. The maximum Gasteiger partial charge on any atom is 0.325 e. The topological polar surface area (TPSA) is 173 Å². The number of non-ortho nitro benzene ring substituents is 1. The number of aromatic nitrogens is 4. The lowest BCUT2D eigenvalue weighted by Gasteiger charge is -2.33. The van der Waals surface area contributed by atoms with Gasteiger partial charge in [-0.25, -0.2) is 18.7 Å². The average molecular weight is 729 g/mol. The first-order valence-corrected chi connectivity index (χ1v) is 16.8. The summed E-state index contributed by atoms with van der Waals surface area (Å²) in [6.07, 6.45) is 4.18. The largest absolute Gasteiger partial charge is 0.497 e. The van der Waals surface area contributed by atoms with Crippen molar-refractivity contribution in [2.45, 2.75) is 63.6 Å². The molecule has 51 heavy (non-hydrogen) atoms. The van der Waals surface area contributed by atoms with Gasteiger partial charge in [0.15, 0.2) is 17.0 Å². The number of nitro benzene ring substituents is 1. The summed E-state index contributed by atoms with van der Waals surface area (Å²) >= 11 is 6.02. The zero-order chi connectivity index (χ0) is 36.7. The second-order valence-electron chi connectivity index (χ2n) is 12.4. The number of fused-ring (bicyclic) bond motifs is 1. The van der Waals surface area contributed by atoms with Gasteiger partial charge in [-0.05, 0) is 61.0 Å². The van der Waals surface area contributed by atoms with Gasteiger partial charge in [0.05, 0.1) is 38.0 Å². The Morgan fingerprint density at radius 1 is 1.08 bits per heavy atom. The van der Waals surface area contributed by atoms with Crippen LogP contribution in [0.1, 0.15) is 43.2 Å². The van der Waals surface area contributed by atoms with Crippen molar-refractivity contribution in [3.8, 4) is 11.5 Å². The Balaban J connectivity index is 0.000000198. The zero-order valence-corrected chi connectivity index (χ0v) is 29.7. The number of hydrogen-bond donors (Lipinski definition) is 1. The van der Waals surface area contributed by atoms with Crippen molar-refractivity contribution in [2.75, 3.05) is 51.3 Å². The van der Waals surface area contributed by atoms with Gasteiger partial charge in [0.1, 0.15) is 24.0 Å². The zero-order valence-electron chi connectivity index (χ0n) is 29.0. The third-order valence-corrected chi connectivity index (χ3v) is 9.14. The van der Waals surface area contributed by atoms with E-state index in [1.54, 1.807) is 39.5 Å². The molecular formula is C34H42ClFN8O7. The number of carbonyl (C=O) groups is 1. The van der Waals surface area contributed by atoms with Crippen LogP contribution in [0.5, 0.6) is 11.5 Å². The summed E-state index contributed by atoms with van der Waals surface area (Å²) in [4.78, 5) is 38.9. The third kappa shape index (κ3) is 9.31. The van der Waals surface area contributed by atoms with E-state index in [9.17, 15) is 19.3 Å². The molecule has 2 unspecified atom stereocenters. The number of halogens is 2. The van der Waals surface area contributed by atoms with Crippen LogP contribution in [0.25, 0.3) is 11.2 Å². The smallest absolute Gasteiger partial charge is 0.325 e. The van der Waals surface area contributed by atoms with Crippen LogP contribution in [-0.2, 0) is 22.6 Å². The lowest BCUT2D eigenvalue weighted by atomic mass is 10.1. The van der Waals surface area contributed by atoms with E-state index in [1.807, 2.05) is 30.1 Å². The standard InChI is InChI=1S/C18H25FN2O4.C16H17ClN6O3/c1-24-17-4-6-20(7-5-17)15-8-13(9-16(11-15)21(22)23)12-25-18-3-2-14(19)10-18;1-22(7-9-4-5-10(25-2)6-11(9)26-3)13-12-14(21-15(17)20-13)23(8-19-12)16(18)24/h8-9,11,14,17-18H,2-7,10,12H2,1H3;4-6,8H,7H2,1-3H3,(H2,18,24). The number of carbonyl (C=O) groups excluding carboxylic acids is 1. The highest BCUT2D eigenvalue weighted by molar-refractivity contribution is 6.28. The molecule has 274 valence electrons. The van der Waals surface area contributed by atoms with Crippen molar-refractivity contribution in [1.29, 1.82) is 0 Å². The maximum absolute atomic E-state index is 13.3. The van der Waals surface area contributed by atoms with Crippen LogP contribution in [0.15, 0.2) is 42.7 Å². The number of benzene rings is 2. The number of primary amides is 1. The van der Waals surface area contributed by atoms with E-state index >= 15 is 0 Å². The second-order valence-corrected chi connectivity index (χ2v) is 12.7. The van der Waals surface area contributed by atoms with Crippen molar-refractivity contribution in [1.82, 2.24) is 19.5 Å². The van der Waals surface area contributed by atoms with Gasteiger partial charge in [0.25, 0.3) is 5.69 Å². The number of ether oxygens (including phenoxy) is 4. The molecule has 0 spiro atoms. The van der Waals surface area contributed by atoms with E-state index in [-0.39, 0.29) is 40.4 Å². The Morgan fingerprint density at radius 2 is 1.84 bits per heavy atom. The summed E-state index contributed by atoms with van der Waals surface area (Å²) in [7, 11) is 6.72. The van der Waals surface area contributed by atoms with E-state index in [2.05, 4.69) is 19.9 Å². The van der Waals surface area contributed by atoms with Gasteiger partial charge < -0.3 is 34.5 Å². The highest BCUT2D eigenvalue weighted by Crippen LogP contribution is 2.31. The van der Waals surface area contributed by atoms with Crippen molar-refractivity contribution >= 4 is 46.0 Å². The van der Waals surface area contributed by atoms with Crippen molar-refractivity contribution in [2.24, 2.45) is 5.73 Å². The highest BCUT2D eigenvalue weighted by Gasteiger charge is 2.26. The molecule has 0 radical (unpaired) electrons. The fourth-order valence-electron chi connectivity index (χ4n) is 6.23. The lowest BCUT2D eigenvalue weighted by Crippen LogP contribution is -2.36. The molecule has 4 aromatic rings. The van der Waals surface area contributed by atoms with Gasteiger partial charge in [-0.3, -0.25) is 10.1 Å². The third-order valence-electron chi connectivity index (χ3n) is 8.97. The number of rotatable bonds is 11. The lowest BCUT2D eigenvalue weighted by molar-refractivity contribution is -0.384. The Kier molecular flexibility index (Phi) is 12.4. The van der Waals surface area contributed by atoms with E-state index in [1.165, 1.54) is 6.33 Å². The van der Waals surface area contributed by atoms with Gasteiger partial charge in [-0.15, -0.1) is 0 Å². The molecule has 17 heteroatoms. The highest BCUT2D eigenvalue weighted by atomic mass is 35.5. The number of nitro groups is 1. The molecule has 0 bridgehead atoms. The fourth-order valence-corrected chi connectivity index (χ4v) is 6.39. The number of hydrogen-bond acceptors (Lipinski definition) is 12. The number of methoxy groups -OCH3 is 3. The Hall–Kier alpha value is -4.80. The van der Waals surface area contributed by atoms with Gasteiger partial charge in [0.2, 0.25) is 5.28 Å². The molecule has 1 amide bonds. The van der Waals surface area contributed by atoms with Crippen molar-refractivity contribution in [3.05, 3.63) is 69.3 Å². The molecule has 1 saturated heterocycles. The molecular weight excluding hydrogens is 687 g/mol. The fraction of sp³-hybridized carbons (Fsp3) is 0.471. The van der Waals surface area contributed by atoms with Crippen LogP contribution in [0.3, 0.4) is 0 Å². The van der Waals surface area contributed by atoms with Crippen molar-refractivity contribution in [3.63, 3.8) is 0 Å². The summed E-state index contributed by atoms with van der Waals surface area (Å²) in [6.45, 7) is 2.36. The predicted octanol–water partition coefficient (Wildman–Crippen LogP) is 5.68. The second kappa shape index (κ2) is 16.9. The molecule has 6 rings (SSSR count). The molecule has 2 fully saturated rings. The minimum absolute atomic E-state index is 0.0101. The van der Waals surface area contributed by atoms with Gasteiger partial charge in [-0.2, -0.15) is 9.97 Å². The molecule has 1 aliphatic carbocycles. The summed E-state index contributed by atoms with van der Waals surface area (Å²) in [5.41, 5.74) is 8.59. The molecule has 2 N–H and O–H groups in total. The first-order chi connectivity index (χ1) is 24.5. The molecule has 2 aromatic carbocycles. The van der Waals surface area contributed by atoms with E-state index < -0.39 is 12.2 Å². The first-order valence-electron chi connectivity index (χ1n) is 16.4. The molecule has 2 atom stereocenters. The summed E-state index contributed by atoms with van der Waals surface area (Å²) < 4.78 is 36.2. The van der Waals surface area contributed by atoms with Crippen LogP contribution in [0.4, 0.5) is 26.4 Å². The van der Waals surface area contributed by atoms with Crippen LogP contribution in [-0.4, -0.2) is 90.3 Å². The van der Waals surface area contributed by atoms with Crippen LogP contribution >= 0.6 is 11.6 Å². The van der Waals surface area contributed by atoms with Crippen LogP contribution < -0.4 is 25.0 Å². The van der Waals surface area contributed by atoms with Crippen LogP contribution in [0, 0.1) is 10.1 Å². The SMILES string of the molecule is COC1CCN(c2cc(COC3CCC(F)C3)cc([N+](=O)[O-])c2)CC1.COc1ccc(CN(C)c2nc(Cl)nc3c2ncn3C(N)=O)c(OC)c1. The number of anilines is 2. The summed E-state index contributed by atoms with van der Waals surface area (Å²) in [6, 6.07) is 9.95. The number of nitrogens with two attached hydrogens (primary N) is 1. The quantitative estimate of drug-likeness (QED) is 0.114. The minimum Gasteiger partial charge on any atom is -0.497 e. The number of piperidine rings is 1. The average Bonchev–Trinajstić information content (AvgIpc) is 3.76. The normalized spacial score (nSPS) is 17.6. The number of alkyl halides is 1. The Morgan fingerprint density at radius 3 is 2.47 bits per heavy atom. The number of nitrogens with zero attached hydrogens (tertiary/aromatic N) is 7. The molecule has 2 aliphatic rings. The van der Waals surface area contributed by atoms with Gasteiger partial charge >= 0.3 is 6.03 Å². The first kappa shape index (κ1) is 37.5.